The van der Waals surface area contributed by atoms with Crippen LogP contribution < -0.4 is 4.90 Å². The Labute approximate surface area is 128 Å². The summed E-state index contributed by atoms with van der Waals surface area (Å²) in [4.78, 5) is 28.2. The molecule has 0 bridgehead atoms. The van der Waals surface area contributed by atoms with Gasteiger partial charge < -0.3 is 9.84 Å². The Morgan fingerprint density at radius 1 is 1.09 bits per heavy atom. The number of carboxylic acid groups (broad SMARTS) is 1. The van der Waals surface area contributed by atoms with Crippen LogP contribution in [-0.2, 0) is 16.1 Å². The third-order valence-electron chi connectivity index (χ3n) is 2.90. The highest BCUT2D eigenvalue weighted by molar-refractivity contribution is 5.87. The zero-order valence-electron chi connectivity index (χ0n) is 11.9. The average molecular weight is 300 g/mol. The van der Waals surface area contributed by atoms with Crippen LogP contribution in [-0.4, -0.2) is 28.7 Å². The van der Waals surface area contributed by atoms with Crippen molar-refractivity contribution in [2.24, 2.45) is 0 Å². The highest BCUT2D eigenvalue weighted by Gasteiger charge is 2.19. The zero-order valence-corrected chi connectivity index (χ0v) is 11.9. The molecule has 1 N–H and O–H groups in total. The lowest BCUT2D eigenvalue weighted by Crippen LogP contribution is -2.34. The van der Waals surface area contributed by atoms with Gasteiger partial charge in [-0.2, -0.15) is 0 Å². The maximum Gasteiger partial charge on any atom is 0.415 e. The van der Waals surface area contributed by atoms with Crippen LogP contribution in [0.25, 0.3) is 0 Å². The molecule has 0 spiro atoms. The molecule has 1 aromatic heterocycles. The van der Waals surface area contributed by atoms with Crippen LogP contribution in [0, 0.1) is 0 Å². The minimum atomic E-state index is -0.989. The predicted octanol–water partition coefficient (Wildman–Crippen LogP) is 2.70. The summed E-state index contributed by atoms with van der Waals surface area (Å²) in [5, 5.41) is 8.80. The maximum absolute atomic E-state index is 12.2. The summed E-state index contributed by atoms with van der Waals surface area (Å²) < 4.78 is 5.23. The lowest BCUT2D eigenvalue weighted by Gasteiger charge is -2.20. The monoisotopic (exact) mass is 300 g/mol. The number of aliphatic carboxylic acids is 1. The fourth-order valence-electron chi connectivity index (χ4n) is 1.82. The van der Waals surface area contributed by atoms with Gasteiger partial charge in [-0.1, -0.05) is 36.4 Å². The third-order valence-corrected chi connectivity index (χ3v) is 2.90. The van der Waals surface area contributed by atoms with Crippen molar-refractivity contribution in [1.82, 2.24) is 4.98 Å². The van der Waals surface area contributed by atoms with Gasteiger partial charge in [0.15, 0.2) is 0 Å². The van der Waals surface area contributed by atoms with Gasteiger partial charge in [-0.25, -0.2) is 9.78 Å². The number of pyridine rings is 1. The second-order valence-electron chi connectivity index (χ2n) is 4.52. The minimum Gasteiger partial charge on any atom is -0.481 e. The molecule has 0 aliphatic rings. The summed E-state index contributed by atoms with van der Waals surface area (Å²) in [5.74, 6) is -0.626. The second kappa shape index (κ2) is 7.78. The van der Waals surface area contributed by atoms with E-state index in [4.69, 9.17) is 9.84 Å². The number of hydrogen-bond donors (Lipinski definition) is 1. The maximum atomic E-state index is 12.2. The Bertz CT molecular complexity index is 617. The zero-order chi connectivity index (χ0) is 15.8. The quantitative estimate of drug-likeness (QED) is 0.887. The lowest BCUT2D eigenvalue weighted by atomic mass is 10.2. The molecule has 114 valence electrons. The summed E-state index contributed by atoms with van der Waals surface area (Å²) in [6.07, 6.45) is 0.730. The number of amides is 1. The fourth-order valence-corrected chi connectivity index (χ4v) is 1.82. The van der Waals surface area contributed by atoms with E-state index >= 15 is 0 Å². The summed E-state index contributed by atoms with van der Waals surface area (Å²) in [6, 6.07) is 14.3. The number of rotatable bonds is 6. The van der Waals surface area contributed by atoms with Gasteiger partial charge >= 0.3 is 12.1 Å². The van der Waals surface area contributed by atoms with Crippen molar-refractivity contribution in [1.29, 1.82) is 0 Å². The smallest absolute Gasteiger partial charge is 0.415 e. The van der Waals surface area contributed by atoms with Crippen molar-refractivity contribution in [3.05, 3.63) is 60.3 Å². The Morgan fingerprint density at radius 3 is 2.45 bits per heavy atom. The van der Waals surface area contributed by atoms with E-state index in [-0.39, 0.29) is 19.6 Å². The number of hydrogen-bond acceptors (Lipinski definition) is 4. The van der Waals surface area contributed by atoms with Gasteiger partial charge in [0, 0.05) is 12.7 Å². The molecule has 6 heteroatoms. The van der Waals surface area contributed by atoms with Gasteiger partial charge in [-0.15, -0.1) is 0 Å². The van der Waals surface area contributed by atoms with Crippen LogP contribution in [0.2, 0.25) is 0 Å². The Morgan fingerprint density at radius 2 is 1.82 bits per heavy atom. The highest BCUT2D eigenvalue weighted by Crippen LogP contribution is 2.13. The number of carbonyl (C=O) groups excluding carboxylic acids is 1. The van der Waals surface area contributed by atoms with E-state index in [0.29, 0.717) is 5.82 Å². The van der Waals surface area contributed by atoms with E-state index in [1.54, 1.807) is 18.2 Å². The molecule has 2 rings (SSSR count). The van der Waals surface area contributed by atoms with E-state index < -0.39 is 12.1 Å². The van der Waals surface area contributed by atoms with Gasteiger partial charge in [0.25, 0.3) is 0 Å². The van der Waals surface area contributed by atoms with Crippen LogP contribution in [0.1, 0.15) is 12.0 Å². The van der Waals surface area contributed by atoms with E-state index in [1.165, 1.54) is 11.1 Å². The summed E-state index contributed by atoms with van der Waals surface area (Å²) >= 11 is 0. The Kier molecular flexibility index (Phi) is 5.48. The molecule has 0 aliphatic heterocycles. The normalized spacial score (nSPS) is 10.0. The van der Waals surface area contributed by atoms with Crippen molar-refractivity contribution in [2.75, 3.05) is 11.4 Å². The first-order chi connectivity index (χ1) is 10.7. The van der Waals surface area contributed by atoms with Gasteiger partial charge in [0.2, 0.25) is 0 Å². The molecule has 0 saturated heterocycles. The number of ether oxygens (including phenoxy) is 1. The van der Waals surface area contributed by atoms with Crippen molar-refractivity contribution in [3.8, 4) is 0 Å². The second-order valence-corrected chi connectivity index (χ2v) is 4.52. The van der Waals surface area contributed by atoms with Crippen molar-refractivity contribution in [2.45, 2.75) is 13.0 Å². The SMILES string of the molecule is O=C(O)CCN(C(=O)OCc1ccccc1)c1ccccn1. The van der Waals surface area contributed by atoms with Crippen LogP contribution in [0.15, 0.2) is 54.7 Å². The van der Waals surface area contributed by atoms with Crippen LogP contribution in [0.3, 0.4) is 0 Å². The molecule has 1 amide bonds. The fraction of sp³-hybridized carbons (Fsp3) is 0.188. The van der Waals surface area contributed by atoms with Crippen LogP contribution >= 0.6 is 0 Å². The summed E-state index contributed by atoms with van der Waals surface area (Å²) in [6.45, 7) is 0.121. The van der Waals surface area contributed by atoms with E-state index in [9.17, 15) is 9.59 Å². The highest BCUT2D eigenvalue weighted by atomic mass is 16.6. The molecule has 0 radical (unpaired) electrons. The van der Waals surface area contributed by atoms with E-state index in [2.05, 4.69) is 4.98 Å². The minimum absolute atomic E-state index is 0.0000301. The predicted molar refractivity (Wildman–Crippen MR) is 80.5 cm³/mol. The summed E-state index contributed by atoms with van der Waals surface area (Å²) in [7, 11) is 0. The van der Waals surface area contributed by atoms with Gasteiger partial charge in [-0.3, -0.25) is 9.69 Å². The standard InChI is InChI=1S/C16H16N2O4/c19-15(20)9-11-18(14-8-4-5-10-17-14)16(21)22-12-13-6-2-1-3-7-13/h1-8,10H,9,11-12H2,(H,19,20). The Balaban J connectivity index is 2.04. The van der Waals surface area contributed by atoms with Gasteiger partial charge in [0.1, 0.15) is 12.4 Å². The molecule has 0 aliphatic carbocycles. The largest absolute Gasteiger partial charge is 0.481 e. The summed E-state index contributed by atoms with van der Waals surface area (Å²) in [5.41, 5.74) is 0.857. The number of nitrogens with zero attached hydrogens (tertiary/aromatic N) is 2. The molecule has 0 atom stereocenters. The molecule has 1 aromatic carbocycles. The number of aromatic nitrogens is 1. The van der Waals surface area contributed by atoms with E-state index in [0.717, 1.165) is 5.56 Å². The number of benzene rings is 1. The first kappa shape index (κ1) is 15.5. The number of carboxylic acids is 1. The van der Waals surface area contributed by atoms with Crippen molar-refractivity contribution in [3.63, 3.8) is 0 Å². The van der Waals surface area contributed by atoms with Crippen molar-refractivity contribution >= 4 is 17.9 Å². The van der Waals surface area contributed by atoms with Crippen LogP contribution in [0.5, 0.6) is 0 Å². The van der Waals surface area contributed by atoms with Crippen LogP contribution in [0.4, 0.5) is 10.6 Å². The molecule has 2 aromatic rings. The first-order valence-electron chi connectivity index (χ1n) is 6.78. The molecule has 1 heterocycles. The number of carbonyl (C=O) groups is 2. The molecular weight excluding hydrogens is 284 g/mol. The molecule has 0 unspecified atom stereocenters. The lowest BCUT2D eigenvalue weighted by molar-refractivity contribution is -0.136. The molecular formula is C16H16N2O4. The molecule has 0 saturated carbocycles. The molecule has 22 heavy (non-hydrogen) atoms. The first-order valence-corrected chi connectivity index (χ1v) is 6.78. The third kappa shape index (κ3) is 4.59. The Hall–Kier alpha value is -2.89. The molecule has 6 nitrogen and oxygen atoms in total. The number of anilines is 1. The van der Waals surface area contributed by atoms with E-state index in [1.807, 2.05) is 30.3 Å². The van der Waals surface area contributed by atoms with Crippen molar-refractivity contribution < 1.29 is 19.4 Å². The van der Waals surface area contributed by atoms with Gasteiger partial charge in [0.05, 0.1) is 6.42 Å². The topological polar surface area (TPSA) is 79.7 Å². The average Bonchev–Trinajstić information content (AvgIpc) is 2.55. The van der Waals surface area contributed by atoms with Gasteiger partial charge in [-0.05, 0) is 17.7 Å². The molecule has 0 fully saturated rings.